The number of nitrogens with zero attached hydrogens (tertiary/aromatic N) is 1. The van der Waals surface area contributed by atoms with Crippen LogP contribution >= 0.6 is 0 Å². The Morgan fingerprint density at radius 3 is 2.62 bits per heavy atom. The van der Waals surface area contributed by atoms with Gasteiger partial charge in [-0.25, -0.2) is 0 Å². The normalized spacial score (nSPS) is 15.9. The van der Waals surface area contributed by atoms with Crippen LogP contribution in [0.5, 0.6) is 0 Å². The Bertz CT molecular complexity index is 194. The zero-order valence-electron chi connectivity index (χ0n) is 8.62. The van der Waals surface area contributed by atoms with Crippen LogP contribution in [0.25, 0.3) is 0 Å². The van der Waals surface area contributed by atoms with Crippen molar-refractivity contribution < 1.29 is 4.79 Å². The molecule has 1 amide bonds. The van der Waals surface area contributed by atoms with Gasteiger partial charge in [0.05, 0.1) is 0 Å². The molecule has 0 aliphatic heterocycles. The number of amides is 1. The Morgan fingerprint density at radius 2 is 2.23 bits per heavy atom. The molecule has 0 spiro atoms. The minimum absolute atomic E-state index is 0.100. The lowest BCUT2D eigenvalue weighted by Crippen LogP contribution is -2.33. The molecule has 0 atom stereocenters. The Morgan fingerprint density at radius 1 is 1.62 bits per heavy atom. The van der Waals surface area contributed by atoms with Crippen molar-refractivity contribution in [2.75, 3.05) is 6.54 Å². The summed E-state index contributed by atoms with van der Waals surface area (Å²) in [7, 11) is 0. The molecule has 0 radical (unpaired) electrons. The summed E-state index contributed by atoms with van der Waals surface area (Å²) in [4.78, 5) is 13.4. The van der Waals surface area contributed by atoms with Gasteiger partial charge in [0.15, 0.2) is 0 Å². The van der Waals surface area contributed by atoms with Gasteiger partial charge in [-0.15, -0.1) is 0 Å². The van der Waals surface area contributed by atoms with Crippen LogP contribution < -0.4 is 0 Å². The first-order valence-corrected chi connectivity index (χ1v) is 5.08. The maximum atomic E-state index is 11.4. The van der Waals surface area contributed by atoms with Crippen molar-refractivity contribution in [3.63, 3.8) is 0 Å². The molecule has 2 nitrogen and oxygen atoms in total. The van der Waals surface area contributed by atoms with E-state index in [4.69, 9.17) is 0 Å². The second kappa shape index (κ2) is 4.45. The van der Waals surface area contributed by atoms with Gasteiger partial charge in [0.2, 0.25) is 5.91 Å². The molecule has 1 saturated carbocycles. The van der Waals surface area contributed by atoms with E-state index in [-0.39, 0.29) is 5.91 Å². The molecule has 1 fully saturated rings. The van der Waals surface area contributed by atoms with Crippen LogP contribution in [0, 0.1) is 5.92 Å². The molecule has 0 aromatic carbocycles. The van der Waals surface area contributed by atoms with E-state index >= 15 is 0 Å². The maximum Gasteiger partial charge on any atom is 0.246 e. The van der Waals surface area contributed by atoms with E-state index in [1.165, 1.54) is 18.9 Å². The molecule has 13 heavy (non-hydrogen) atoms. The van der Waals surface area contributed by atoms with E-state index in [0.717, 1.165) is 13.0 Å². The summed E-state index contributed by atoms with van der Waals surface area (Å²) >= 11 is 0. The lowest BCUT2D eigenvalue weighted by Gasteiger charge is -2.21. The van der Waals surface area contributed by atoms with Crippen LogP contribution in [0.2, 0.25) is 0 Å². The molecular weight excluding hydrogens is 162 g/mol. The van der Waals surface area contributed by atoms with Crippen molar-refractivity contribution in [3.8, 4) is 0 Å². The van der Waals surface area contributed by atoms with Gasteiger partial charge in [-0.2, -0.15) is 0 Å². The molecule has 1 rings (SSSR count). The monoisotopic (exact) mass is 181 g/mol. The highest BCUT2D eigenvalue weighted by Crippen LogP contribution is 2.27. The Hall–Kier alpha value is -0.790. The predicted octanol–water partition coefficient (Wildman–Crippen LogP) is 2.21. The minimum atomic E-state index is 0.100. The SMILES string of the molecule is C=CC(=O)N(CCC(C)C)C1CC1. The molecule has 0 saturated heterocycles. The summed E-state index contributed by atoms with van der Waals surface area (Å²) < 4.78 is 0. The topological polar surface area (TPSA) is 20.3 Å². The molecule has 0 bridgehead atoms. The van der Waals surface area contributed by atoms with Crippen molar-refractivity contribution in [2.24, 2.45) is 5.92 Å². The van der Waals surface area contributed by atoms with Crippen molar-refractivity contribution in [1.29, 1.82) is 0 Å². The third kappa shape index (κ3) is 3.21. The highest BCUT2D eigenvalue weighted by atomic mass is 16.2. The first-order chi connectivity index (χ1) is 6.15. The molecule has 0 aromatic rings. The van der Waals surface area contributed by atoms with Crippen LogP contribution in [-0.4, -0.2) is 23.4 Å². The maximum absolute atomic E-state index is 11.4. The van der Waals surface area contributed by atoms with E-state index in [1.807, 2.05) is 4.90 Å². The van der Waals surface area contributed by atoms with Crippen molar-refractivity contribution in [2.45, 2.75) is 39.2 Å². The highest BCUT2D eigenvalue weighted by Gasteiger charge is 2.30. The van der Waals surface area contributed by atoms with E-state index in [1.54, 1.807) is 0 Å². The van der Waals surface area contributed by atoms with Gasteiger partial charge < -0.3 is 4.90 Å². The first-order valence-electron chi connectivity index (χ1n) is 5.08. The molecule has 74 valence electrons. The van der Waals surface area contributed by atoms with Crippen LogP contribution in [0.15, 0.2) is 12.7 Å². The quantitative estimate of drug-likeness (QED) is 0.595. The van der Waals surface area contributed by atoms with Gasteiger partial charge in [-0.1, -0.05) is 20.4 Å². The van der Waals surface area contributed by atoms with Crippen molar-refractivity contribution in [3.05, 3.63) is 12.7 Å². The van der Waals surface area contributed by atoms with Crippen LogP contribution in [-0.2, 0) is 4.79 Å². The Balaban J connectivity index is 2.38. The fourth-order valence-electron chi connectivity index (χ4n) is 1.37. The second-order valence-corrected chi connectivity index (χ2v) is 4.15. The van der Waals surface area contributed by atoms with E-state index in [2.05, 4.69) is 20.4 Å². The highest BCUT2D eigenvalue weighted by molar-refractivity contribution is 5.87. The predicted molar refractivity (Wildman–Crippen MR) is 54.4 cm³/mol. The summed E-state index contributed by atoms with van der Waals surface area (Å²) in [6.45, 7) is 8.79. The average Bonchev–Trinajstić information content (AvgIpc) is 2.87. The minimum Gasteiger partial charge on any atom is -0.336 e. The molecule has 1 aliphatic carbocycles. The zero-order valence-corrected chi connectivity index (χ0v) is 8.62. The van der Waals surface area contributed by atoms with E-state index < -0.39 is 0 Å². The smallest absolute Gasteiger partial charge is 0.246 e. The molecule has 0 heterocycles. The van der Waals surface area contributed by atoms with Gasteiger partial charge in [0.25, 0.3) is 0 Å². The van der Waals surface area contributed by atoms with E-state index in [9.17, 15) is 4.79 Å². The lowest BCUT2D eigenvalue weighted by atomic mass is 10.1. The van der Waals surface area contributed by atoms with Crippen LogP contribution in [0.4, 0.5) is 0 Å². The number of carbonyl (C=O) groups is 1. The third-order valence-electron chi connectivity index (χ3n) is 2.39. The standard InChI is InChI=1S/C11H19NO/c1-4-11(13)12(10-5-6-10)8-7-9(2)3/h4,9-10H,1,5-8H2,2-3H3. The van der Waals surface area contributed by atoms with Crippen molar-refractivity contribution in [1.82, 2.24) is 4.90 Å². The van der Waals surface area contributed by atoms with Gasteiger partial charge in [0, 0.05) is 12.6 Å². The van der Waals surface area contributed by atoms with Crippen molar-refractivity contribution >= 4 is 5.91 Å². The molecular formula is C11H19NO. The number of rotatable bonds is 5. The van der Waals surface area contributed by atoms with Crippen LogP contribution in [0.3, 0.4) is 0 Å². The van der Waals surface area contributed by atoms with Gasteiger partial charge in [-0.3, -0.25) is 4.79 Å². The molecule has 2 heteroatoms. The van der Waals surface area contributed by atoms with Gasteiger partial charge in [-0.05, 0) is 31.3 Å². The molecule has 0 unspecified atom stereocenters. The molecule has 1 aliphatic rings. The molecule has 0 aromatic heterocycles. The summed E-state index contributed by atoms with van der Waals surface area (Å²) in [5.41, 5.74) is 0. The lowest BCUT2D eigenvalue weighted by molar-refractivity contribution is -0.126. The van der Waals surface area contributed by atoms with E-state index in [0.29, 0.717) is 12.0 Å². The largest absolute Gasteiger partial charge is 0.336 e. The van der Waals surface area contributed by atoms with Gasteiger partial charge in [0.1, 0.15) is 0 Å². The zero-order chi connectivity index (χ0) is 9.84. The summed E-state index contributed by atoms with van der Waals surface area (Å²) in [6, 6.07) is 0.518. The number of hydrogen-bond donors (Lipinski definition) is 0. The fraction of sp³-hybridized carbons (Fsp3) is 0.727. The average molecular weight is 181 g/mol. The Labute approximate surface area is 80.6 Å². The van der Waals surface area contributed by atoms with Crippen LogP contribution in [0.1, 0.15) is 33.1 Å². The number of carbonyl (C=O) groups excluding carboxylic acids is 1. The fourth-order valence-corrected chi connectivity index (χ4v) is 1.37. The Kier molecular flexibility index (Phi) is 3.52. The first kappa shape index (κ1) is 10.3. The number of hydrogen-bond acceptors (Lipinski definition) is 1. The second-order valence-electron chi connectivity index (χ2n) is 4.15. The molecule has 0 N–H and O–H groups in total. The summed E-state index contributed by atoms with van der Waals surface area (Å²) in [5, 5.41) is 0. The summed E-state index contributed by atoms with van der Waals surface area (Å²) in [6.07, 6.45) is 4.88. The summed E-state index contributed by atoms with van der Waals surface area (Å²) in [5.74, 6) is 0.766. The van der Waals surface area contributed by atoms with Gasteiger partial charge >= 0.3 is 0 Å². The third-order valence-corrected chi connectivity index (χ3v) is 2.39.